The molecule has 1 heterocycles. The first kappa shape index (κ1) is 11.5. The summed E-state index contributed by atoms with van der Waals surface area (Å²) in [6.45, 7) is 0.576. The molecule has 0 unspecified atom stereocenters. The van der Waals surface area contributed by atoms with Gasteiger partial charge in [-0.2, -0.15) is 0 Å². The summed E-state index contributed by atoms with van der Waals surface area (Å²) >= 11 is 0. The number of hydrogen-bond acceptors (Lipinski definition) is 2. The van der Waals surface area contributed by atoms with E-state index < -0.39 is 0 Å². The van der Waals surface area contributed by atoms with Crippen LogP contribution in [-0.4, -0.2) is 22.6 Å². The van der Waals surface area contributed by atoms with Crippen LogP contribution in [0.15, 0.2) is 30.3 Å². The van der Waals surface area contributed by atoms with Crippen molar-refractivity contribution in [1.82, 2.24) is 4.90 Å². The fraction of sp³-hybridized carbons (Fsp3) is 0.467. The minimum Gasteiger partial charge on any atom is -0.328 e. The zero-order valence-corrected chi connectivity index (χ0v) is 10.3. The van der Waals surface area contributed by atoms with Gasteiger partial charge in [-0.05, 0) is 24.3 Å². The van der Waals surface area contributed by atoms with Crippen LogP contribution in [0.5, 0.6) is 0 Å². The van der Waals surface area contributed by atoms with Gasteiger partial charge < -0.3 is 4.90 Å². The molecule has 1 saturated carbocycles. The van der Waals surface area contributed by atoms with Gasteiger partial charge >= 0.3 is 0 Å². The van der Waals surface area contributed by atoms with Gasteiger partial charge in [0.1, 0.15) is 0 Å². The Labute approximate surface area is 107 Å². The lowest BCUT2D eigenvalue weighted by molar-refractivity contribution is -0.135. The predicted octanol–water partition coefficient (Wildman–Crippen LogP) is 2.16. The number of carbonyl (C=O) groups excluding carboxylic acids is 2. The van der Waals surface area contributed by atoms with Crippen molar-refractivity contribution in [3.63, 3.8) is 0 Å². The lowest BCUT2D eigenvalue weighted by Crippen LogP contribution is -2.42. The molecule has 2 aliphatic rings. The first-order valence-electron chi connectivity index (χ1n) is 6.62. The molecule has 2 atom stereocenters. The Balaban J connectivity index is 1.82. The van der Waals surface area contributed by atoms with Crippen LogP contribution in [-0.2, 0) is 16.1 Å². The molecule has 18 heavy (non-hydrogen) atoms. The predicted molar refractivity (Wildman–Crippen MR) is 67.7 cm³/mol. The molecule has 94 valence electrons. The summed E-state index contributed by atoms with van der Waals surface area (Å²) in [6.07, 6.45) is 3.17. The van der Waals surface area contributed by atoms with E-state index in [0.29, 0.717) is 19.4 Å². The molecule has 0 spiro atoms. The molecular formula is C15H17NO2. The number of nitrogens with zero attached hydrogens (tertiary/aromatic N) is 1. The topological polar surface area (TPSA) is 37.4 Å². The number of benzene rings is 1. The number of likely N-dealkylation sites (tertiary alicyclic amines) is 1. The third kappa shape index (κ3) is 1.94. The molecule has 1 aromatic carbocycles. The minimum atomic E-state index is -0.147. The maximum Gasteiger partial charge on any atom is 0.223 e. The summed E-state index contributed by atoms with van der Waals surface area (Å²) in [6, 6.07) is 9.77. The van der Waals surface area contributed by atoms with Gasteiger partial charge in [0.25, 0.3) is 0 Å². The standard InChI is InChI=1S/C15H17NO2/c17-13-8-4-7-12-9-14(18)16(15(12)13)10-11-5-2-1-3-6-11/h1-3,5-6,12,15H,4,7-10H2/t12-,15-/m0/s1. The zero-order valence-electron chi connectivity index (χ0n) is 10.3. The molecule has 1 aliphatic carbocycles. The van der Waals surface area contributed by atoms with Crippen molar-refractivity contribution in [2.75, 3.05) is 0 Å². The molecule has 1 amide bonds. The summed E-state index contributed by atoms with van der Waals surface area (Å²) in [4.78, 5) is 25.9. The van der Waals surface area contributed by atoms with E-state index in [1.165, 1.54) is 0 Å². The molecule has 0 bridgehead atoms. The average molecular weight is 243 g/mol. The van der Waals surface area contributed by atoms with Gasteiger partial charge in [0.05, 0.1) is 6.04 Å². The fourth-order valence-corrected chi connectivity index (χ4v) is 3.21. The Kier molecular flexibility index (Phi) is 2.90. The lowest BCUT2D eigenvalue weighted by atomic mass is 9.84. The summed E-state index contributed by atoms with van der Waals surface area (Å²) < 4.78 is 0. The van der Waals surface area contributed by atoms with Crippen LogP contribution in [0.4, 0.5) is 0 Å². The Morgan fingerprint density at radius 1 is 1.17 bits per heavy atom. The molecule has 3 rings (SSSR count). The molecule has 3 nitrogen and oxygen atoms in total. The van der Waals surface area contributed by atoms with Crippen molar-refractivity contribution >= 4 is 11.7 Å². The average Bonchev–Trinajstić information content (AvgIpc) is 2.69. The molecule has 3 heteroatoms. The number of ketones is 1. The van der Waals surface area contributed by atoms with E-state index in [1.54, 1.807) is 4.90 Å². The highest BCUT2D eigenvalue weighted by molar-refractivity contribution is 5.93. The third-order valence-electron chi connectivity index (χ3n) is 4.06. The first-order chi connectivity index (χ1) is 8.75. The summed E-state index contributed by atoms with van der Waals surface area (Å²) in [5.41, 5.74) is 1.10. The van der Waals surface area contributed by atoms with Crippen molar-refractivity contribution in [3.8, 4) is 0 Å². The number of fused-ring (bicyclic) bond motifs is 1. The maximum absolute atomic E-state index is 12.1. The van der Waals surface area contributed by atoms with Gasteiger partial charge in [-0.15, -0.1) is 0 Å². The molecule has 0 radical (unpaired) electrons. The zero-order chi connectivity index (χ0) is 12.5. The lowest BCUT2D eigenvalue weighted by Gasteiger charge is -2.30. The molecule has 0 N–H and O–H groups in total. The number of rotatable bonds is 2. The highest BCUT2D eigenvalue weighted by atomic mass is 16.2. The number of carbonyl (C=O) groups is 2. The third-order valence-corrected chi connectivity index (χ3v) is 4.06. The number of Topliss-reactive ketones (excluding diaryl/α,β-unsaturated/α-hetero) is 1. The largest absolute Gasteiger partial charge is 0.328 e. The van der Waals surface area contributed by atoms with Crippen LogP contribution in [0.2, 0.25) is 0 Å². The second kappa shape index (κ2) is 4.56. The SMILES string of the molecule is O=C1CCC[C@H]2CC(=O)N(Cc3ccccc3)[C@H]12. The van der Waals surface area contributed by atoms with Gasteiger partial charge in [0.2, 0.25) is 5.91 Å². The van der Waals surface area contributed by atoms with Crippen molar-refractivity contribution in [2.45, 2.75) is 38.3 Å². The first-order valence-corrected chi connectivity index (χ1v) is 6.62. The van der Waals surface area contributed by atoms with Crippen molar-refractivity contribution < 1.29 is 9.59 Å². The monoisotopic (exact) mass is 243 g/mol. The summed E-state index contributed by atoms with van der Waals surface area (Å²) in [7, 11) is 0. The Morgan fingerprint density at radius 2 is 1.94 bits per heavy atom. The normalized spacial score (nSPS) is 27.4. The van der Waals surface area contributed by atoms with Gasteiger partial charge in [0.15, 0.2) is 5.78 Å². The van der Waals surface area contributed by atoms with Crippen LogP contribution in [0.25, 0.3) is 0 Å². The Hall–Kier alpha value is -1.64. The van der Waals surface area contributed by atoms with Crippen molar-refractivity contribution in [3.05, 3.63) is 35.9 Å². The van der Waals surface area contributed by atoms with Gasteiger partial charge in [0, 0.05) is 19.4 Å². The number of hydrogen-bond donors (Lipinski definition) is 0. The van der Waals surface area contributed by atoms with E-state index in [1.807, 2.05) is 30.3 Å². The van der Waals surface area contributed by atoms with Gasteiger partial charge in [-0.25, -0.2) is 0 Å². The Bertz CT molecular complexity index is 469. The van der Waals surface area contributed by atoms with E-state index in [0.717, 1.165) is 18.4 Å². The minimum absolute atomic E-state index is 0.143. The van der Waals surface area contributed by atoms with Crippen molar-refractivity contribution in [2.24, 2.45) is 5.92 Å². The fourth-order valence-electron chi connectivity index (χ4n) is 3.21. The molecule has 2 fully saturated rings. The summed E-state index contributed by atoms with van der Waals surface area (Å²) in [5, 5.41) is 0. The van der Waals surface area contributed by atoms with Gasteiger partial charge in [-0.3, -0.25) is 9.59 Å². The van der Waals surface area contributed by atoms with Gasteiger partial charge in [-0.1, -0.05) is 30.3 Å². The number of amides is 1. The molecule has 1 saturated heterocycles. The Morgan fingerprint density at radius 3 is 2.72 bits per heavy atom. The van der Waals surface area contributed by atoms with Crippen LogP contribution in [0.1, 0.15) is 31.2 Å². The van der Waals surface area contributed by atoms with Crippen molar-refractivity contribution in [1.29, 1.82) is 0 Å². The second-order valence-electron chi connectivity index (χ2n) is 5.27. The van der Waals surface area contributed by atoms with E-state index in [-0.39, 0.29) is 23.7 Å². The molecule has 1 aliphatic heterocycles. The smallest absolute Gasteiger partial charge is 0.223 e. The van der Waals surface area contributed by atoms with Crippen LogP contribution in [0.3, 0.4) is 0 Å². The van der Waals surface area contributed by atoms with E-state index in [9.17, 15) is 9.59 Å². The highest BCUT2D eigenvalue weighted by Crippen LogP contribution is 2.35. The summed E-state index contributed by atoms with van der Waals surface area (Å²) in [5.74, 6) is 0.666. The molecular weight excluding hydrogens is 226 g/mol. The molecule has 1 aromatic rings. The van der Waals surface area contributed by atoms with E-state index >= 15 is 0 Å². The molecule has 0 aromatic heterocycles. The highest BCUT2D eigenvalue weighted by Gasteiger charge is 2.45. The maximum atomic E-state index is 12.1. The van der Waals surface area contributed by atoms with E-state index in [4.69, 9.17) is 0 Å². The van der Waals surface area contributed by atoms with Crippen LogP contribution in [0, 0.1) is 5.92 Å². The van der Waals surface area contributed by atoms with Crippen LogP contribution < -0.4 is 0 Å². The van der Waals surface area contributed by atoms with E-state index in [2.05, 4.69) is 0 Å². The quantitative estimate of drug-likeness (QED) is 0.798. The van der Waals surface area contributed by atoms with Crippen LogP contribution >= 0.6 is 0 Å². The second-order valence-corrected chi connectivity index (χ2v) is 5.27.